The van der Waals surface area contributed by atoms with E-state index in [4.69, 9.17) is 10.7 Å². The maximum Gasteiger partial charge on any atom is 0.190 e. The monoisotopic (exact) mass is 419 g/mol. The second-order valence-corrected chi connectivity index (χ2v) is 8.31. The van der Waals surface area contributed by atoms with Gasteiger partial charge in [0.1, 0.15) is 5.52 Å². The summed E-state index contributed by atoms with van der Waals surface area (Å²) >= 11 is 1.56. The lowest BCUT2D eigenvalue weighted by atomic mass is 10.1. The van der Waals surface area contributed by atoms with Gasteiger partial charge in [-0.2, -0.15) is 5.10 Å². The van der Waals surface area contributed by atoms with Crippen LogP contribution < -0.4 is 11.1 Å². The molecule has 0 bridgehead atoms. The second kappa shape index (κ2) is 9.23. The van der Waals surface area contributed by atoms with E-state index in [0.717, 1.165) is 45.1 Å². The molecular weight excluding hydrogens is 394 g/mol. The van der Waals surface area contributed by atoms with Gasteiger partial charge in [0, 0.05) is 30.6 Å². The van der Waals surface area contributed by atoms with Crippen LogP contribution in [0.3, 0.4) is 0 Å². The quantitative estimate of drug-likeness (QED) is 0.290. The van der Waals surface area contributed by atoms with Crippen LogP contribution >= 0.6 is 11.8 Å². The number of rotatable bonds is 8. The summed E-state index contributed by atoms with van der Waals surface area (Å²) in [5.41, 5.74) is 11.5. The molecule has 0 aliphatic carbocycles. The first-order chi connectivity index (χ1) is 14.7. The van der Waals surface area contributed by atoms with Crippen molar-refractivity contribution in [3.8, 4) is 11.3 Å². The molecule has 4 N–H and O–H groups in total. The third-order valence-electron chi connectivity index (χ3n) is 4.71. The van der Waals surface area contributed by atoms with Crippen molar-refractivity contribution in [2.45, 2.75) is 31.5 Å². The van der Waals surface area contributed by atoms with E-state index < -0.39 is 0 Å². The van der Waals surface area contributed by atoms with Gasteiger partial charge in [-0.1, -0.05) is 55.9 Å². The zero-order chi connectivity index (χ0) is 20.9. The number of benzene rings is 1. The highest BCUT2D eigenvalue weighted by molar-refractivity contribution is 7.99. The highest BCUT2D eigenvalue weighted by Gasteiger charge is 2.17. The Kier molecular flexibility index (Phi) is 6.25. The number of aromatic amines is 1. The van der Waals surface area contributed by atoms with Crippen molar-refractivity contribution in [1.29, 1.82) is 0 Å². The summed E-state index contributed by atoms with van der Waals surface area (Å²) in [6.45, 7) is 5.47. The van der Waals surface area contributed by atoms with Crippen molar-refractivity contribution < 1.29 is 0 Å². The molecule has 1 aromatic carbocycles. The molecule has 0 atom stereocenters. The molecule has 8 heteroatoms. The number of aromatic nitrogens is 5. The molecule has 30 heavy (non-hydrogen) atoms. The van der Waals surface area contributed by atoms with Gasteiger partial charge in [-0.05, 0) is 23.6 Å². The molecule has 0 aliphatic heterocycles. The minimum atomic E-state index is 0.296. The number of nitrogens with zero attached hydrogens (tertiary/aromatic N) is 4. The van der Waals surface area contributed by atoms with Gasteiger partial charge >= 0.3 is 0 Å². The van der Waals surface area contributed by atoms with Gasteiger partial charge in [0.05, 0.1) is 11.4 Å². The van der Waals surface area contributed by atoms with Crippen LogP contribution in [-0.2, 0) is 6.54 Å². The molecule has 0 saturated carbocycles. The van der Waals surface area contributed by atoms with E-state index in [9.17, 15) is 0 Å². The normalized spacial score (nSPS) is 11.3. The molecule has 0 unspecified atom stereocenters. The number of H-pyrrole nitrogens is 1. The Hall–Kier alpha value is -2.97. The predicted octanol–water partition coefficient (Wildman–Crippen LogP) is 4.20. The highest BCUT2D eigenvalue weighted by Crippen LogP contribution is 2.28. The lowest BCUT2D eigenvalue weighted by Gasteiger charge is -2.09. The number of thioether (sulfide) groups is 1. The molecule has 0 radical (unpaired) electrons. The van der Waals surface area contributed by atoms with E-state index in [-0.39, 0.29) is 0 Å². The molecule has 0 amide bonds. The molecule has 0 aliphatic rings. The fourth-order valence-electron chi connectivity index (χ4n) is 3.15. The van der Waals surface area contributed by atoms with E-state index in [0.29, 0.717) is 24.2 Å². The maximum atomic E-state index is 5.66. The topological polar surface area (TPSA) is 105 Å². The first kappa shape index (κ1) is 20.3. The molecule has 3 heterocycles. The van der Waals surface area contributed by atoms with Crippen LogP contribution in [0.25, 0.3) is 22.3 Å². The van der Waals surface area contributed by atoms with Crippen molar-refractivity contribution in [1.82, 2.24) is 25.1 Å². The highest BCUT2D eigenvalue weighted by atomic mass is 32.2. The number of hydrogen-bond donors (Lipinski definition) is 3. The molecule has 0 spiro atoms. The van der Waals surface area contributed by atoms with E-state index in [1.807, 2.05) is 18.2 Å². The Morgan fingerprint density at radius 2 is 1.90 bits per heavy atom. The Morgan fingerprint density at radius 3 is 2.60 bits per heavy atom. The Bertz CT molecular complexity index is 1110. The van der Waals surface area contributed by atoms with Gasteiger partial charge < -0.3 is 11.1 Å². The van der Waals surface area contributed by atoms with Crippen LogP contribution in [0.1, 0.15) is 31.0 Å². The summed E-state index contributed by atoms with van der Waals surface area (Å²) in [6.07, 6.45) is 1.81. The van der Waals surface area contributed by atoms with Crippen LogP contribution in [-0.4, -0.2) is 37.4 Å². The average Bonchev–Trinajstić information content (AvgIpc) is 3.21. The zero-order valence-corrected chi connectivity index (χ0v) is 17.9. The molecule has 0 saturated heterocycles. The van der Waals surface area contributed by atoms with Gasteiger partial charge in [0.25, 0.3) is 0 Å². The van der Waals surface area contributed by atoms with Crippen molar-refractivity contribution in [3.05, 3.63) is 59.9 Å². The first-order valence-electron chi connectivity index (χ1n) is 9.99. The van der Waals surface area contributed by atoms with Crippen LogP contribution in [0.2, 0.25) is 0 Å². The fourth-order valence-corrected chi connectivity index (χ4v) is 3.76. The first-order valence-corrected chi connectivity index (χ1v) is 11.0. The summed E-state index contributed by atoms with van der Waals surface area (Å²) in [7, 11) is 0. The van der Waals surface area contributed by atoms with Crippen LogP contribution in [0, 0.1) is 0 Å². The Balaban J connectivity index is 1.57. The second-order valence-electron chi connectivity index (χ2n) is 7.25. The van der Waals surface area contributed by atoms with Gasteiger partial charge in [0.15, 0.2) is 16.5 Å². The predicted molar refractivity (Wildman–Crippen MR) is 123 cm³/mol. The fraction of sp³-hybridized carbons (Fsp3) is 0.273. The lowest BCUT2D eigenvalue weighted by Crippen LogP contribution is -2.06. The van der Waals surface area contributed by atoms with Gasteiger partial charge in [0.2, 0.25) is 0 Å². The summed E-state index contributed by atoms with van der Waals surface area (Å²) < 4.78 is 0. The number of nitrogens with two attached hydrogens (primary N) is 1. The van der Waals surface area contributed by atoms with Crippen molar-refractivity contribution in [2.75, 3.05) is 17.6 Å². The Labute approximate surface area is 179 Å². The van der Waals surface area contributed by atoms with E-state index in [1.165, 1.54) is 0 Å². The largest absolute Gasteiger partial charge is 0.364 e. The van der Waals surface area contributed by atoms with Crippen LogP contribution in [0.15, 0.2) is 53.8 Å². The SMILES string of the molecule is CC(C)c1[nH]nc2c(NCc3ccc(-c4ccccn4)cc3)nc(SCCN)nc12. The number of pyridine rings is 1. The summed E-state index contributed by atoms with van der Waals surface area (Å²) in [6, 6.07) is 14.3. The van der Waals surface area contributed by atoms with Crippen LogP contribution in [0.5, 0.6) is 0 Å². The minimum Gasteiger partial charge on any atom is -0.364 e. The molecule has 3 aromatic heterocycles. The summed E-state index contributed by atoms with van der Waals surface area (Å²) in [4.78, 5) is 13.8. The third kappa shape index (κ3) is 4.44. The smallest absolute Gasteiger partial charge is 0.190 e. The lowest BCUT2D eigenvalue weighted by molar-refractivity contribution is 0.814. The number of anilines is 1. The molecule has 0 fully saturated rings. The molecular formula is C22H25N7S. The van der Waals surface area contributed by atoms with E-state index >= 15 is 0 Å². The summed E-state index contributed by atoms with van der Waals surface area (Å²) in [5.74, 6) is 1.80. The summed E-state index contributed by atoms with van der Waals surface area (Å²) in [5, 5.41) is 11.8. The van der Waals surface area contributed by atoms with Crippen molar-refractivity contribution in [3.63, 3.8) is 0 Å². The van der Waals surface area contributed by atoms with Gasteiger partial charge in [-0.15, -0.1) is 0 Å². The number of hydrogen-bond acceptors (Lipinski definition) is 7. The zero-order valence-electron chi connectivity index (χ0n) is 17.1. The number of fused-ring (bicyclic) bond motifs is 1. The van der Waals surface area contributed by atoms with Gasteiger partial charge in [-0.25, -0.2) is 9.97 Å². The third-order valence-corrected chi connectivity index (χ3v) is 5.59. The number of nitrogens with one attached hydrogen (secondary N) is 2. The molecule has 4 rings (SSSR count). The van der Waals surface area contributed by atoms with Crippen LogP contribution in [0.4, 0.5) is 5.82 Å². The van der Waals surface area contributed by atoms with Gasteiger partial charge in [-0.3, -0.25) is 10.1 Å². The minimum absolute atomic E-state index is 0.296. The maximum absolute atomic E-state index is 5.66. The Morgan fingerprint density at radius 1 is 1.07 bits per heavy atom. The average molecular weight is 420 g/mol. The van der Waals surface area contributed by atoms with Crippen molar-refractivity contribution >= 4 is 28.6 Å². The van der Waals surface area contributed by atoms with E-state index in [1.54, 1.807) is 18.0 Å². The standard InChI is InChI=1S/C22H25N7S/c1-14(2)18-19-20(29-28-18)21(27-22(26-19)30-12-10-23)25-13-15-6-8-16(9-7-15)17-5-3-4-11-24-17/h3-9,11,14H,10,12-13,23H2,1-2H3,(H,28,29)(H,25,26,27). The van der Waals surface area contributed by atoms with E-state index in [2.05, 4.69) is 63.6 Å². The van der Waals surface area contributed by atoms with Crippen molar-refractivity contribution in [2.24, 2.45) is 5.73 Å². The molecule has 154 valence electrons. The molecule has 4 aromatic rings. The molecule has 7 nitrogen and oxygen atoms in total.